The van der Waals surface area contributed by atoms with Gasteiger partial charge in [0.1, 0.15) is 5.69 Å². The third kappa shape index (κ3) is 4.02. The molecule has 5 nitrogen and oxygen atoms in total. The van der Waals surface area contributed by atoms with Crippen molar-refractivity contribution in [2.24, 2.45) is 0 Å². The minimum atomic E-state index is -4.40. The van der Waals surface area contributed by atoms with E-state index in [1.807, 2.05) is 24.3 Å². The standard InChI is InChI=1S/C23H14F3N5S/c24-23(25,26)16-5-3-14(4-6-16)18-11-21(30-31-22(18)15-2-1-9-27-12-15)29-17-7-8-19-20(10-17)32-13-28-19/h1-13H,(H,29,30). The Hall–Kier alpha value is -3.85. The molecular weight excluding hydrogens is 435 g/mol. The number of rotatable bonds is 4. The molecule has 0 aliphatic rings. The molecule has 5 rings (SSSR count). The summed E-state index contributed by atoms with van der Waals surface area (Å²) < 4.78 is 40.1. The molecule has 158 valence electrons. The van der Waals surface area contributed by atoms with Gasteiger partial charge in [0.15, 0.2) is 5.82 Å². The van der Waals surface area contributed by atoms with E-state index in [1.54, 1.807) is 30.0 Å². The Bertz CT molecular complexity index is 1380. The number of pyridine rings is 1. The first-order valence-corrected chi connectivity index (χ1v) is 10.4. The Kier molecular flexibility index (Phi) is 5.02. The van der Waals surface area contributed by atoms with Gasteiger partial charge < -0.3 is 5.32 Å². The number of benzene rings is 2. The molecule has 0 atom stereocenters. The van der Waals surface area contributed by atoms with Crippen LogP contribution in [0.2, 0.25) is 0 Å². The van der Waals surface area contributed by atoms with Crippen molar-refractivity contribution < 1.29 is 13.2 Å². The number of aromatic nitrogens is 4. The first-order chi connectivity index (χ1) is 15.5. The summed E-state index contributed by atoms with van der Waals surface area (Å²) in [5, 5.41) is 11.9. The molecule has 0 aliphatic carbocycles. The van der Waals surface area contributed by atoms with Gasteiger partial charge in [-0.05, 0) is 54.1 Å². The molecule has 0 radical (unpaired) electrons. The van der Waals surface area contributed by atoms with Gasteiger partial charge in [-0.3, -0.25) is 4.98 Å². The first kappa shape index (κ1) is 20.1. The molecule has 3 aromatic heterocycles. The zero-order valence-corrected chi connectivity index (χ0v) is 17.2. The van der Waals surface area contributed by atoms with Gasteiger partial charge in [-0.2, -0.15) is 13.2 Å². The lowest BCUT2D eigenvalue weighted by atomic mass is 9.99. The minimum Gasteiger partial charge on any atom is -0.339 e. The summed E-state index contributed by atoms with van der Waals surface area (Å²) >= 11 is 1.53. The van der Waals surface area contributed by atoms with E-state index in [0.717, 1.165) is 28.0 Å². The van der Waals surface area contributed by atoms with Gasteiger partial charge in [-0.1, -0.05) is 12.1 Å². The molecule has 0 amide bonds. The minimum absolute atomic E-state index is 0.469. The molecule has 32 heavy (non-hydrogen) atoms. The monoisotopic (exact) mass is 449 g/mol. The van der Waals surface area contributed by atoms with E-state index in [-0.39, 0.29) is 0 Å². The molecule has 5 aromatic rings. The van der Waals surface area contributed by atoms with Gasteiger partial charge in [0, 0.05) is 29.2 Å². The number of halogens is 3. The molecule has 0 spiro atoms. The van der Waals surface area contributed by atoms with Crippen LogP contribution in [0, 0.1) is 0 Å². The molecule has 2 aromatic carbocycles. The van der Waals surface area contributed by atoms with Crippen molar-refractivity contribution in [2.45, 2.75) is 6.18 Å². The van der Waals surface area contributed by atoms with Gasteiger partial charge in [0.25, 0.3) is 0 Å². The third-order valence-electron chi connectivity index (χ3n) is 4.86. The molecule has 0 bridgehead atoms. The maximum atomic E-state index is 13.0. The van der Waals surface area contributed by atoms with Crippen LogP contribution in [0.4, 0.5) is 24.7 Å². The zero-order valence-electron chi connectivity index (χ0n) is 16.3. The lowest BCUT2D eigenvalue weighted by molar-refractivity contribution is -0.137. The summed E-state index contributed by atoms with van der Waals surface area (Å²) in [6.45, 7) is 0. The van der Waals surface area contributed by atoms with Crippen molar-refractivity contribution in [3.63, 3.8) is 0 Å². The molecule has 9 heteroatoms. The molecule has 0 aliphatic heterocycles. The molecule has 1 N–H and O–H groups in total. The van der Waals surface area contributed by atoms with Crippen LogP contribution in [-0.4, -0.2) is 20.2 Å². The highest BCUT2D eigenvalue weighted by molar-refractivity contribution is 7.16. The Labute approximate surface area is 184 Å². The fourth-order valence-electron chi connectivity index (χ4n) is 3.31. The summed E-state index contributed by atoms with van der Waals surface area (Å²) in [5.74, 6) is 0.469. The smallest absolute Gasteiger partial charge is 0.339 e. The maximum Gasteiger partial charge on any atom is 0.416 e. The third-order valence-corrected chi connectivity index (χ3v) is 5.65. The number of thiazole rings is 1. The van der Waals surface area contributed by atoms with Crippen molar-refractivity contribution in [1.29, 1.82) is 0 Å². The molecule has 0 fully saturated rings. The van der Waals surface area contributed by atoms with Crippen LogP contribution in [0.25, 0.3) is 32.6 Å². The van der Waals surface area contributed by atoms with E-state index in [2.05, 4.69) is 25.5 Å². The topological polar surface area (TPSA) is 63.6 Å². The number of nitrogens with one attached hydrogen (secondary N) is 1. The van der Waals surface area contributed by atoms with Crippen molar-refractivity contribution in [3.05, 3.63) is 84.1 Å². The quantitative estimate of drug-likeness (QED) is 0.336. The summed E-state index contributed by atoms with van der Waals surface area (Å²) in [6, 6.07) is 16.1. The number of nitrogens with zero attached hydrogens (tertiary/aromatic N) is 4. The van der Waals surface area contributed by atoms with E-state index in [1.165, 1.54) is 23.5 Å². The predicted octanol–water partition coefficient (Wildman–Crippen LogP) is 6.58. The highest BCUT2D eigenvalue weighted by Crippen LogP contribution is 2.35. The van der Waals surface area contributed by atoms with Crippen molar-refractivity contribution in [3.8, 4) is 22.4 Å². The van der Waals surface area contributed by atoms with Gasteiger partial charge in [0.05, 0.1) is 21.3 Å². The van der Waals surface area contributed by atoms with E-state index in [4.69, 9.17) is 0 Å². The van der Waals surface area contributed by atoms with Crippen LogP contribution in [0.5, 0.6) is 0 Å². The Morgan fingerprint density at radius 2 is 1.72 bits per heavy atom. The van der Waals surface area contributed by atoms with E-state index in [0.29, 0.717) is 28.2 Å². The Morgan fingerprint density at radius 3 is 2.47 bits per heavy atom. The summed E-state index contributed by atoms with van der Waals surface area (Å²) in [7, 11) is 0. The second kappa shape index (κ2) is 8.01. The first-order valence-electron chi connectivity index (χ1n) is 9.53. The van der Waals surface area contributed by atoms with Crippen LogP contribution in [0.3, 0.4) is 0 Å². The zero-order chi connectivity index (χ0) is 22.1. The Balaban J connectivity index is 1.57. The normalized spacial score (nSPS) is 11.6. The van der Waals surface area contributed by atoms with Crippen molar-refractivity contribution in [1.82, 2.24) is 20.2 Å². The summed E-state index contributed by atoms with van der Waals surface area (Å²) in [6.07, 6.45) is -1.12. The lowest BCUT2D eigenvalue weighted by Crippen LogP contribution is -2.04. The number of fused-ring (bicyclic) bond motifs is 1. The van der Waals surface area contributed by atoms with Crippen molar-refractivity contribution in [2.75, 3.05) is 5.32 Å². The van der Waals surface area contributed by atoms with E-state index in [9.17, 15) is 13.2 Å². The van der Waals surface area contributed by atoms with Gasteiger partial charge in [-0.25, -0.2) is 4.98 Å². The second-order valence-corrected chi connectivity index (χ2v) is 7.85. The number of anilines is 2. The molecule has 0 unspecified atom stereocenters. The van der Waals surface area contributed by atoms with Crippen molar-refractivity contribution >= 4 is 33.1 Å². The van der Waals surface area contributed by atoms with Crippen LogP contribution < -0.4 is 5.32 Å². The number of hydrogen-bond donors (Lipinski definition) is 1. The van der Waals surface area contributed by atoms with Crippen LogP contribution >= 0.6 is 11.3 Å². The highest BCUT2D eigenvalue weighted by atomic mass is 32.1. The summed E-state index contributed by atoms with van der Waals surface area (Å²) in [5.41, 5.74) is 5.26. The molecule has 0 saturated heterocycles. The molecule has 0 saturated carbocycles. The predicted molar refractivity (Wildman–Crippen MR) is 119 cm³/mol. The molecule has 3 heterocycles. The highest BCUT2D eigenvalue weighted by Gasteiger charge is 2.30. The van der Waals surface area contributed by atoms with Gasteiger partial charge in [0.2, 0.25) is 0 Å². The van der Waals surface area contributed by atoms with Crippen LogP contribution in [0.15, 0.2) is 78.6 Å². The Morgan fingerprint density at radius 1 is 0.875 bits per heavy atom. The fourth-order valence-corrected chi connectivity index (χ4v) is 4.02. The second-order valence-electron chi connectivity index (χ2n) is 6.97. The van der Waals surface area contributed by atoms with E-state index >= 15 is 0 Å². The molecular formula is C23H14F3N5S. The average Bonchev–Trinajstić information content (AvgIpc) is 3.27. The van der Waals surface area contributed by atoms with E-state index < -0.39 is 11.7 Å². The summed E-state index contributed by atoms with van der Waals surface area (Å²) in [4.78, 5) is 8.39. The maximum absolute atomic E-state index is 13.0. The van der Waals surface area contributed by atoms with Gasteiger partial charge in [-0.15, -0.1) is 21.5 Å². The average molecular weight is 449 g/mol. The largest absolute Gasteiger partial charge is 0.416 e. The number of alkyl halides is 3. The lowest BCUT2D eigenvalue weighted by Gasteiger charge is -2.13. The van der Waals surface area contributed by atoms with Crippen LogP contribution in [-0.2, 0) is 6.18 Å². The van der Waals surface area contributed by atoms with Crippen LogP contribution in [0.1, 0.15) is 5.56 Å². The fraction of sp³-hybridized carbons (Fsp3) is 0.0435. The van der Waals surface area contributed by atoms with Gasteiger partial charge >= 0.3 is 6.18 Å². The number of hydrogen-bond acceptors (Lipinski definition) is 6. The SMILES string of the molecule is FC(F)(F)c1ccc(-c2cc(Nc3ccc4ncsc4c3)nnc2-c2cccnc2)cc1.